The number of hydrogen-bond donors (Lipinski definition) is 1. The molecule has 0 aromatic rings. The maximum Gasteiger partial charge on any atom is 0.248 e. The fraction of sp³-hybridized carbons (Fsp3) is 0. The SMILES string of the molecule is N#CS(S)(N=[N+]=[N-])[N+](=O)[O-]. The molecule has 0 aliphatic carbocycles. The molecule has 0 saturated carbocycles. The molecular weight excluding hydrogens is 178 g/mol. The summed E-state index contributed by atoms with van der Waals surface area (Å²) in [5.41, 5.74) is 7.76. The van der Waals surface area contributed by atoms with Crippen LogP contribution in [-0.2, 0) is 0 Å². The molecular formula is CHN5O2S2. The zero-order valence-electron chi connectivity index (χ0n) is 4.41. The van der Waals surface area contributed by atoms with Crippen LogP contribution in [0.5, 0.6) is 0 Å². The van der Waals surface area contributed by atoms with Gasteiger partial charge in [-0.05, 0) is 17.2 Å². The molecule has 0 aliphatic rings. The summed E-state index contributed by atoms with van der Waals surface area (Å²) in [5.74, 6) is 0. The molecule has 1 atom stereocenters. The molecule has 0 spiro atoms. The van der Waals surface area contributed by atoms with Crippen molar-refractivity contribution in [1.82, 2.24) is 0 Å². The predicted octanol–water partition coefficient (Wildman–Crippen LogP) is 1.53. The minimum atomic E-state index is -3.31. The Balaban J connectivity index is 4.77. The first kappa shape index (κ1) is 8.90. The number of thiocyanates is 1. The maximum absolute atomic E-state index is 9.92. The Kier molecular flexibility index (Phi) is 2.82. The summed E-state index contributed by atoms with van der Waals surface area (Å²) >= 11 is 3.30. The van der Waals surface area contributed by atoms with Crippen molar-refractivity contribution in [3.05, 3.63) is 20.6 Å². The molecule has 0 saturated heterocycles. The average Bonchev–Trinajstić information content (AvgIpc) is 1.88. The van der Waals surface area contributed by atoms with Crippen molar-refractivity contribution >= 4 is 21.1 Å². The number of nitro groups is 1. The van der Waals surface area contributed by atoms with Gasteiger partial charge in [-0.1, -0.05) is 0 Å². The van der Waals surface area contributed by atoms with Crippen molar-refractivity contribution in [3.63, 3.8) is 0 Å². The van der Waals surface area contributed by atoms with Crippen LogP contribution < -0.4 is 0 Å². The zero-order chi connectivity index (χ0) is 8.20. The molecule has 0 rings (SSSR count). The van der Waals surface area contributed by atoms with Crippen LogP contribution in [0.1, 0.15) is 0 Å². The second-order valence-corrected chi connectivity index (χ2v) is 4.21. The molecule has 0 aromatic heterocycles. The van der Waals surface area contributed by atoms with E-state index in [0.717, 1.165) is 0 Å². The molecule has 54 valence electrons. The van der Waals surface area contributed by atoms with Crippen molar-refractivity contribution in [1.29, 1.82) is 5.26 Å². The Morgan fingerprint density at radius 2 is 2.50 bits per heavy atom. The second kappa shape index (κ2) is 3.17. The number of hydrogen-bond acceptors (Lipinski definition) is 5. The van der Waals surface area contributed by atoms with Crippen molar-refractivity contribution < 1.29 is 4.33 Å². The molecule has 0 radical (unpaired) electrons. The number of nitriles is 1. The highest BCUT2D eigenvalue weighted by molar-refractivity contribution is 8.86. The first-order valence-electron chi connectivity index (χ1n) is 1.74. The first-order chi connectivity index (χ1) is 4.56. The molecule has 0 heterocycles. The maximum atomic E-state index is 9.92. The third-order valence-corrected chi connectivity index (χ3v) is 2.31. The minimum Gasteiger partial charge on any atom is -0.251 e. The highest BCUT2D eigenvalue weighted by Crippen LogP contribution is 2.53. The van der Waals surface area contributed by atoms with Gasteiger partial charge in [-0.15, -0.1) is 0 Å². The molecule has 1 unspecified atom stereocenters. The Morgan fingerprint density at radius 1 is 2.00 bits per heavy atom. The van der Waals surface area contributed by atoms with Gasteiger partial charge < -0.3 is 0 Å². The largest absolute Gasteiger partial charge is 0.251 e. The summed E-state index contributed by atoms with van der Waals surface area (Å²) in [6.07, 6.45) is 0. The number of azide groups is 1. The molecule has 0 amide bonds. The van der Waals surface area contributed by atoms with Gasteiger partial charge in [0, 0.05) is 9.43 Å². The lowest BCUT2D eigenvalue weighted by molar-refractivity contribution is -0.290. The van der Waals surface area contributed by atoms with Gasteiger partial charge in [0.2, 0.25) is 9.43 Å². The molecule has 7 nitrogen and oxygen atoms in total. The number of thiol groups is 1. The van der Waals surface area contributed by atoms with Gasteiger partial charge in [0.1, 0.15) is 4.33 Å². The third kappa shape index (κ3) is 1.70. The standard InChI is InChI=1S/CHN5O2S2/c2-1-10(9,5-4-3)6(7)8/h9H. The summed E-state index contributed by atoms with van der Waals surface area (Å²) in [5, 5.41) is 19.2. The van der Waals surface area contributed by atoms with Crippen molar-refractivity contribution in [2.24, 2.45) is 4.52 Å². The quantitative estimate of drug-likeness (QED) is 0.101. The van der Waals surface area contributed by atoms with Crippen LogP contribution in [0.25, 0.3) is 10.4 Å². The van der Waals surface area contributed by atoms with E-state index in [1.54, 1.807) is 0 Å². The lowest BCUT2D eigenvalue weighted by atomic mass is 11.8. The Morgan fingerprint density at radius 3 is 2.60 bits per heavy atom. The van der Waals surface area contributed by atoms with Gasteiger partial charge in [-0.25, -0.2) is 0 Å². The summed E-state index contributed by atoms with van der Waals surface area (Å²) in [7, 11) is -3.31. The molecule has 0 aromatic carbocycles. The highest BCUT2D eigenvalue weighted by Gasteiger charge is 2.30. The van der Waals surface area contributed by atoms with Crippen LogP contribution in [0.3, 0.4) is 0 Å². The van der Waals surface area contributed by atoms with Crippen LogP contribution in [0, 0.1) is 20.8 Å². The zero-order valence-corrected chi connectivity index (χ0v) is 6.12. The van der Waals surface area contributed by atoms with E-state index in [4.69, 9.17) is 10.8 Å². The van der Waals surface area contributed by atoms with E-state index >= 15 is 0 Å². The predicted molar refractivity (Wildman–Crippen MR) is 38.3 cm³/mol. The fourth-order valence-corrected chi connectivity index (χ4v) is 0.495. The van der Waals surface area contributed by atoms with Crippen LogP contribution in [0.4, 0.5) is 0 Å². The third-order valence-electron chi connectivity index (χ3n) is 0.481. The average molecular weight is 179 g/mol. The van der Waals surface area contributed by atoms with Crippen LogP contribution >= 0.6 is 21.1 Å². The van der Waals surface area contributed by atoms with Crippen LogP contribution in [0.15, 0.2) is 4.52 Å². The van der Waals surface area contributed by atoms with E-state index in [-0.39, 0.29) is 0 Å². The van der Waals surface area contributed by atoms with E-state index < -0.39 is 13.8 Å². The van der Waals surface area contributed by atoms with Crippen molar-refractivity contribution in [3.8, 4) is 5.40 Å². The van der Waals surface area contributed by atoms with E-state index in [9.17, 15) is 10.1 Å². The fourth-order valence-electron chi connectivity index (χ4n) is 0.132. The first-order valence-corrected chi connectivity index (χ1v) is 4.34. The minimum absolute atomic E-state index is 1.00. The summed E-state index contributed by atoms with van der Waals surface area (Å²) in [4.78, 5) is 12.0. The molecule has 0 aliphatic heterocycles. The van der Waals surface area contributed by atoms with E-state index in [1.165, 1.54) is 5.40 Å². The normalized spacial score (nSPS) is 17.2. The smallest absolute Gasteiger partial charge is 0.248 e. The van der Waals surface area contributed by atoms with Gasteiger partial charge in [0.25, 0.3) is 0 Å². The molecule has 0 fully saturated rings. The number of nitrogens with zero attached hydrogens (tertiary/aromatic N) is 5. The van der Waals surface area contributed by atoms with Crippen LogP contribution in [-0.4, -0.2) is 4.33 Å². The lowest BCUT2D eigenvalue weighted by Gasteiger charge is -2.05. The Hall–Kier alpha value is -1.10. The molecule has 0 N–H and O–H groups in total. The Bertz CT molecular complexity index is 235. The second-order valence-electron chi connectivity index (χ2n) is 1.00. The molecule has 10 heavy (non-hydrogen) atoms. The van der Waals surface area contributed by atoms with Gasteiger partial charge in [0.05, 0.1) is 0 Å². The van der Waals surface area contributed by atoms with Crippen LogP contribution in [0.2, 0.25) is 0 Å². The Labute approximate surface area is 61.8 Å². The molecule has 9 heteroatoms. The van der Waals surface area contributed by atoms with E-state index in [2.05, 4.69) is 21.1 Å². The van der Waals surface area contributed by atoms with Crippen molar-refractivity contribution in [2.45, 2.75) is 0 Å². The number of rotatable bonds is 2. The highest BCUT2D eigenvalue weighted by atomic mass is 33.1. The van der Waals surface area contributed by atoms with Gasteiger partial charge in [0.15, 0.2) is 5.40 Å². The topological polar surface area (TPSA) is 116 Å². The van der Waals surface area contributed by atoms with Crippen molar-refractivity contribution in [2.75, 3.05) is 0 Å². The summed E-state index contributed by atoms with van der Waals surface area (Å²) in [6, 6.07) is 0. The summed E-state index contributed by atoms with van der Waals surface area (Å²) in [6.45, 7) is 0. The monoisotopic (exact) mass is 179 g/mol. The van der Waals surface area contributed by atoms with Gasteiger partial charge in [-0.3, -0.25) is 10.1 Å². The molecule has 0 bridgehead atoms. The van der Waals surface area contributed by atoms with E-state index in [0.29, 0.717) is 0 Å². The summed E-state index contributed by atoms with van der Waals surface area (Å²) < 4.78 is 1.64. The van der Waals surface area contributed by atoms with Gasteiger partial charge in [-0.2, -0.15) is 5.26 Å². The van der Waals surface area contributed by atoms with Gasteiger partial charge >= 0.3 is 0 Å². The van der Waals surface area contributed by atoms with E-state index in [1.807, 2.05) is 0 Å². The lowest BCUT2D eigenvalue weighted by Crippen LogP contribution is -1.96.